The van der Waals surface area contributed by atoms with Crippen LogP contribution in [-0.2, 0) is 0 Å². The summed E-state index contributed by atoms with van der Waals surface area (Å²) in [7, 11) is 0. The van der Waals surface area contributed by atoms with E-state index in [1.54, 1.807) is 0 Å². The summed E-state index contributed by atoms with van der Waals surface area (Å²) in [6, 6.07) is 8.03. The van der Waals surface area contributed by atoms with Crippen LogP contribution in [-0.4, -0.2) is 5.88 Å². The van der Waals surface area contributed by atoms with Gasteiger partial charge in [0, 0.05) is 9.13 Å². The molecule has 56 valence electrons. The molecule has 0 atom stereocenters. The lowest BCUT2D eigenvalue weighted by Gasteiger charge is -1.89. The van der Waals surface area contributed by atoms with E-state index in [4.69, 9.17) is 11.6 Å². The summed E-state index contributed by atoms with van der Waals surface area (Å²) >= 11 is 7.67. The number of hydrogen-bond acceptors (Lipinski definition) is 0. The zero-order chi connectivity index (χ0) is 8.10. The molecule has 0 unspecified atom stereocenters. The van der Waals surface area contributed by atoms with Gasteiger partial charge >= 0.3 is 0 Å². The first kappa shape index (κ1) is 8.89. The maximum absolute atomic E-state index is 5.41. The highest BCUT2D eigenvalue weighted by Gasteiger charge is 1.85. The molecule has 0 aromatic heterocycles. The average Bonchev–Trinajstić information content (AvgIpc) is 2.04. The molecule has 0 aliphatic carbocycles. The minimum Gasteiger partial charge on any atom is -0.113 e. The van der Waals surface area contributed by atoms with E-state index >= 15 is 0 Å². The minimum atomic E-state index is 0.395. The first-order valence-corrected chi connectivity index (χ1v) is 4.74. The van der Waals surface area contributed by atoms with E-state index in [9.17, 15) is 0 Å². The van der Waals surface area contributed by atoms with Crippen molar-refractivity contribution in [3.05, 3.63) is 33.4 Å². The molecule has 0 aliphatic heterocycles. The molecule has 0 aliphatic rings. The van der Waals surface area contributed by atoms with Gasteiger partial charge in [-0.2, -0.15) is 0 Å². The van der Waals surface area contributed by atoms with Crippen LogP contribution in [0.15, 0.2) is 24.3 Å². The van der Waals surface area contributed by atoms with Crippen molar-refractivity contribution in [2.75, 3.05) is 5.88 Å². The molecule has 0 nitrogen and oxygen atoms in total. The molecule has 0 bridgehead atoms. The first-order chi connectivity index (χ1) is 5.33. The Morgan fingerprint density at radius 1 is 1.27 bits per heavy atom. The second-order valence-electron chi connectivity index (χ2n) is 1.94. The van der Waals surface area contributed by atoms with Crippen molar-refractivity contribution >= 4 is 34.2 Å². The fourth-order valence-electron chi connectivity index (χ4n) is 0.669. The molecule has 1 aromatic carbocycles. The van der Waals surface area contributed by atoms with Crippen molar-refractivity contribution in [2.45, 2.75) is 0 Å². The van der Waals surface area contributed by atoms with Gasteiger partial charge < -0.3 is 0 Å². The summed E-state index contributed by atoms with van der Waals surface area (Å²) in [4.78, 5) is 0. The van der Waals surface area contributed by atoms with Crippen LogP contribution in [0, 0.1) is 15.4 Å². The SMILES string of the molecule is ClCC#Cc1ccc(I)cc1. The maximum Gasteiger partial charge on any atom is 0.0839 e. The first-order valence-electron chi connectivity index (χ1n) is 3.13. The van der Waals surface area contributed by atoms with Gasteiger partial charge in [-0.05, 0) is 46.9 Å². The van der Waals surface area contributed by atoms with Crippen LogP contribution in [0.4, 0.5) is 0 Å². The van der Waals surface area contributed by atoms with Gasteiger partial charge in [0.1, 0.15) is 0 Å². The molecule has 1 rings (SSSR count). The number of rotatable bonds is 0. The average molecular weight is 277 g/mol. The fourth-order valence-corrected chi connectivity index (χ4v) is 1.10. The maximum atomic E-state index is 5.41. The largest absolute Gasteiger partial charge is 0.113 e. The Bertz CT molecular complexity index is 279. The lowest BCUT2D eigenvalue weighted by molar-refractivity contribution is 1.60. The quantitative estimate of drug-likeness (QED) is 0.388. The van der Waals surface area contributed by atoms with Crippen LogP contribution in [0.3, 0.4) is 0 Å². The van der Waals surface area contributed by atoms with E-state index in [1.807, 2.05) is 24.3 Å². The Morgan fingerprint density at radius 2 is 1.91 bits per heavy atom. The molecule has 0 radical (unpaired) electrons. The molecule has 0 heterocycles. The van der Waals surface area contributed by atoms with E-state index in [-0.39, 0.29) is 0 Å². The monoisotopic (exact) mass is 276 g/mol. The summed E-state index contributed by atoms with van der Waals surface area (Å²) in [5, 5.41) is 0. The van der Waals surface area contributed by atoms with Crippen molar-refractivity contribution in [1.29, 1.82) is 0 Å². The molecule has 1 aromatic rings. The van der Waals surface area contributed by atoms with Gasteiger partial charge in [0.2, 0.25) is 0 Å². The van der Waals surface area contributed by atoms with E-state index in [0.717, 1.165) is 5.56 Å². The van der Waals surface area contributed by atoms with Crippen LogP contribution in [0.5, 0.6) is 0 Å². The molecular formula is C9H6ClI. The summed E-state index contributed by atoms with van der Waals surface area (Å²) in [6.07, 6.45) is 0. The summed E-state index contributed by atoms with van der Waals surface area (Å²) in [5.74, 6) is 6.13. The molecule has 0 fully saturated rings. The lowest BCUT2D eigenvalue weighted by atomic mass is 10.2. The van der Waals surface area contributed by atoms with Gasteiger partial charge in [0.15, 0.2) is 0 Å². The number of hydrogen-bond donors (Lipinski definition) is 0. The second kappa shape index (κ2) is 4.63. The van der Waals surface area contributed by atoms with E-state index in [2.05, 4.69) is 34.4 Å². The molecule has 11 heavy (non-hydrogen) atoms. The van der Waals surface area contributed by atoms with Crippen LogP contribution in [0.1, 0.15) is 5.56 Å². The van der Waals surface area contributed by atoms with E-state index in [0.29, 0.717) is 5.88 Å². The Kier molecular flexibility index (Phi) is 3.74. The van der Waals surface area contributed by atoms with Gasteiger partial charge in [-0.1, -0.05) is 11.8 Å². The van der Waals surface area contributed by atoms with Crippen molar-refractivity contribution in [3.63, 3.8) is 0 Å². The fraction of sp³-hybridized carbons (Fsp3) is 0.111. The van der Waals surface area contributed by atoms with Crippen LogP contribution in [0.25, 0.3) is 0 Å². The van der Waals surface area contributed by atoms with Gasteiger partial charge in [-0.3, -0.25) is 0 Å². The molecule has 2 heteroatoms. The van der Waals surface area contributed by atoms with Crippen molar-refractivity contribution < 1.29 is 0 Å². The normalized spacial score (nSPS) is 8.55. The van der Waals surface area contributed by atoms with Crippen molar-refractivity contribution in [2.24, 2.45) is 0 Å². The van der Waals surface area contributed by atoms with Crippen molar-refractivity contribution in [3.8, 4) is 11.8 Å². The highest BCUT2D eigenvalue weighted by molar-refractivity contribution is 14.1. The van der Waals surface area contributed by atoms with Crippen molar-refractivity contribution in [1.82, 2.24) is 0 Å². The van der Waals surface area contributed by atoms with Crippen LogP contribution >= 0.6 is 34.2 Å². The predicted molar refractivity (Wildman–Crippen MR) is 56.8 cm³/mol. The highest BCUT2D eigenvalue weighted by atomic mass is 127. The highest BCUT2D eigenvalue weighted by Crippen LogP contribution is 2.05. The summed E-state index contributed by atoms with van der Waals surface area (Å²) < 4.78 is 1.22. The Labute approximate surface area is 85.1 Å². The Hall–Kier alpha value is -0.200. The molecule has 0 N–H and O–H groups in total. The smallest absolute Gasteiger partial charge is 0.0839 e. The summed E-state index contributed by atoms with van der Waals surface area (Å²) in [6.45, 7) is 0. The number of benzene rings is 1. The third kappa shape index (κ3) is 3.13. The van der Waals surface area contributed by atoms with Gasteiger partial charge in [0.05, 0.1) is 5.88 Å². The van der Waals surface area contributed by atoms with Gasteiger partial charge in [0.25, 0.3) is 0 Å². The predicted octanol–water partition coefficient (Wildman–Crippen LogP) is 2.88. The lowest BCUT2D eigenvalue weighted by Crippen LogP contribution is -1.74. The zero-order valence-electron chi connectivity index (χ0n) is 5.77. The minimum absolute atomic E-state index is 0.395. The standard InChI is InChI=1S/C9H6ClI/c10-7-1-2-8-3-5-9(11)6-4-8/h3-6H,7H2. The summed E-state index contributed by atoms with van der Waals surface area (Å²) in [5.41, 5.74) is 1.02. The van der Waals surface area contributed by atoms with E-state index in [1.165, 1.54) is 3.57 Å². The number of halogens is 2. The Balaban J connectivity index is 2.82. The molecule has 0 saturated heterocycles. The third-order valence-electron chi connectivity index (χ3n) is 1.14. The Morgan fingerprint density at radius 3 is 2.45 bits per heavy atom. The molecule has 0 spiro atoms. The number of alkyl halides is 1. The molecule has 0 amide bonds. The second-order valence-corrected chi connectivity index (χ2v) is 3.46. The third-order valence-corrected chi connectivity index (χ3v) is 2.00. The zero-order valence-corrected chi connectivity index (χ0v) is 8.69. The van der Waals surface area contributed by atoms with E-state index < -0.39 is 0 Å². The molecule has 0 saturated carbocycles. The van der Waals surface area contributed by atoms with Gasteiger partial charge in [-0.15, -0.1) is 11.6 Å². The van der Waals surface area contributed by atoms with Crippen LogP contribution in [0.2, 0.25) is 0 Å². The van der Waals surface area contributed by atoms with Gasteiger partial charge in [-0.25, -0.2) is 0 Å². The topological polar surface area (TPSA) is 0 Å². The molecular weight excluding hydrogens is 270 g/mol. The van der Waals surface area contributed by atoms with Crippen LogP contribution < -0.4 is 0 Å².